The predicted octanol–water partition coefficient (Wildman–Crippen LogP) is 6.00. The average molecular weight is 583 g/mol. The lowest BCUT2D eigenvalue weighted by atomic mass is 9.58. The number of rotatable bonds is 4. The number of fused-ring (bicyclic) bond motifs is 5. The van der Waals surface area contributed by atoms with Crippen LogP contribution in [0.2, 0.25) is 0 Å². The van der Waals surface area contributed by atoms with Crippen molar-refractivity contribution in [3.05, 3.63) is 95.1 Å². The molecule has 0 aromatic heterocycles. The van der Waals surface area contributed by atoms with Gasteiger partial charge in [0.2, 0.25) is 0 Å². The second-order valence-electron chi connectivity index (χ2n) is 14.6. The van der Waals surface area contributed by atoms with Crippen molar-refractivity contribution in [1.82, 2.24) is 0 Å². The predicted molar refractivity (Wildman–Crippen MR) is 162 cm³/mol. The second-order valence-corrected chi connectivity index (χ2v) is 14.6. The zero-order valence-electron chi connectivity index (χ0n) is 25.9. The first kappa shape index (κ1) is 28.7. The van der Waals surface area contributed by atoms with Gasteiger partial charge in [-0.25, -0.2) is 0 Å². The zero-order valence-corrected chi connectivity index (χ0v) is 25.9. The molecule has 6 nitrogen and oxygen atoms in total. The molecule has 8 atom stereocenters. The van der Waals surface area contributed by atoms with Crippen LogP contribution in [0.15, 0.2) is 84.0 Å². The number of benzene rings is 2. The molecule has 7 rings (SSSR count). The number of allylic oxidation sites excluding steroid dienone is 1. The fourth-order valence-electron chi connectivity index (χ4n) is 9.24. The number of aliphatic hydroxyl groups is 1. The van der Waals surface area contributed by atoms with Crippen LogP contribution in [0.1, 0.15) is 65.0 Å². The summed E-state index contributed by atoms with van der Waals surface area (Å²) in [5.41, 5.74) is -0.0611. The summed E-state index contributed by atoms with van der Waals surface area (Å²) in [6, 6.07) is 19.1. The van der Waals surface area contributed by atoms with E-state index in [-0.39, 0.29) is 35.6 Å². The van der Waals surface area contributed by atoms with Crippen molar-refractivity contribution in [3.8, 4) is 0 Å². The quantitative estimate of drug-likeness (QED) is 0.352. The SMILES string of the molecule is CC1=C[C@]23C(=O)[C@@H](C=C4COC(C)(C)O[C@H]4[C@]2(O)[C@H]1OC(=O)C(c1ccccc1)c1ccccc1)[C@H]1[C@@H](C[C@H]3C)C1(C)C. The number of carbonyl (C=O) groups excluding carboxylic acids is 2. The summed E-state index contributed by atoms with van der Waals surface area (Å²) in [6.07, 6.45) is 2.81. The Labute approximate surface area is 254 Å². The summed E-state index contributed by atoms with van der Waals surface area (Å²) in [6.45, 7) is 12.3. The van der Waals surface area contributed by atoms with Crippen molar-refractivity contribution < 1.29 is 28.9 Å². The molecule has 226 valence electrons. The number of hydrogen-bond acceptors (Lipinski definition) is 6. The molecule has 1 heterocycles. The fraction of sp³-hybridized carbons (Fsp3) is 0.514. The zero-order chi connectivity index (χ0) is 30.5. The molecule has 2 bridgehead atoms. The number of ketones is 1. The molecule has 1 aliphatic heterocycles. The lowest BCUT2D eigenvalue weighted by Gasteiger charge is -2.52. The van der Waals surface area contributed by atoms with Crippen LogP contribution in [0.25, 0.3) is 0 Å². The van der Waals surface area contributed by atoms with Crippen LogP contribution in [0, 0.1) is 34.5 Å². The number of carbonyl (C=O) groups is 2. The molecule has 0 amide bonds. The van der Waals surface area contributed by atoms with Crippen LogP contribution in [0.5, 0.6) is 0 Å². The topological polar surface area (TPSA) is 82.1 Å². The monoisotopic (exact) mass is 582 g/mol. The molecule has 2 aromatic carbocycles. The molecule has 6 heteroatoms. The van der Waals surface area contributed by atoms with Crippen molar-refractivity contribution in [3.63, 3.8) is 0 Å². The van der Waals surface area contributed by atoms with E-state index in [0.29, 0.717) is 11.5 Å². The summed E-state index contributed by atoms with van der Waals surface area (Å²) < 4.78 is 19.2. The maximum absolute atomic E-state index is 15.0. The number of Topliss-reactive ketones (excluding diaryl/α,β-unsaturated/α-hetero) is 1. The van der Waals surface area contributed by atoms with Gasteiger partial charge in [-0.1, -0.05) is 93.6 Å². The minimum atomic E-state index is -1.84. The van der Waals surface area contributed by atoms with Gasteiger partial charge in [-0.05, 0) is 72.6 Å². The smallest absolute Gasteiger partial charge is 0.318 e. The van der Waals surface area contributed by atoms with E-state index in [1.54, 1.807) is 0 Å². The number of hydrogen-bond donors (Lipinski definition) is 1. The normalized spacial score (nSPS) is 38.5. The van der Waals surface area contributed by atoms with E-state index in [1.807, 2.05) is 93.6 Å². The average Bonchev–Trinajstić information content (AvgIpc) is 3.46. The van der Waals surface area contributed by atoms with Crippen molar-refractivity contribution in [2.24, 2.45) is 34.5 Å². The maximum Gasteiger partial charge on any atom is 0.318 e. The molecule has 0 unspecified atom stereocenters. The van der Waals surface area contributed by atoms with Crippen LogP contribution >= 0.6 is 0 Å². The molecule has 3 fully saturated rings. The first-order valence-electron chi connectivity index (χ1n) is 15.6. The molecule has 1 saturated heterocycles. The lowest BCUT2D eigenvalue weighted by Crippen LogP contribution is -2.68. The third-order valence-electron chi connectivity index (χ3n) is 11.4. The van der Waals surface area contributed by atoms with Gasteiger partial charge in [-0.2, -0.15) is 0 Å². The van der Waals surface area contributed by atoms with Gasteiger partial charge in [0.1, 0.15) is 12.0 Å². The van der Waals surface area contributed by atoms with Crippen molar-refractivity contribution in [2.45, 2.75) is 77.5 Å². The molecule has 2 saturated carbocycles. The Balaban J connectivity index is 1.36. The van der Waals surface area contributed by atoms with Crippen LogP contribution in [0.3, 0.4) is 0 Å². The molecule has 0 radical (unpaired) electrons. The molecule has 4 aliphatic carbocycles. The largest absolute Gasteiger partial charge is 0.454 e. The lowest BCUT2D eigenvalue weighted by molar-refractivity contribution is -0.304. The van der Waals surface area contributed by atoms with Crippen molar-refractivity contribution in [2.75, 3.05) is 6.61 Å². The van der Waals surface area contributed by atoms with Gasteiger partial charge in [0, 0.05) is 5.92 Å². The highest BCUT2D eigenvalue weighted by Gasteiger charge is 2.77. The van der Waals surface area contributed by atoms with Gasteiger partial charge in [0.25, 0.3) is 0 Å². The highest BCUT2D eigenvalue weighted by molar-refractivity contribution is 5.95. The molecule has 1 N–H and O–H groups in total. The summed E-state index contributed by atoms with van der Waals surface area (Å²) in [4.78, 5) is 29.3. The molecule has 1 spiro atoms. The summed E-state index contributed by atoms with van der Waals surface area (Å²) in [5, 5.41) is 13.3. The van der Waals surface area contributed by atoms with E-state index < -0.39 is 40.9 Å². The first-order valence-corrected chi connectivity index (χ1v) is 15.6. The Hall–Kier alpha value is -3.06. The van der Waals surface area contributed by atoms with Crippen LogP contribution in [0.4, 0.5) is 0 Å². The Bertz CT molecular complexity index is 1480. The first-order chi connectivity index (χ1) is 20.3. The van der Waals surface area contributed by atoms with E-state index in [1.165, 1.54) is 0 Å². The van der Waals surface area contributed by atoms with Crippen LogP contribution in [-0.2, 0) is 23.8 Å². The third-order valence-corrected chi connectivity index (χ3v) is 11.4. The second kappa shape index (κ2) is 9.47. The van der Waals surface area contributed by atoms with Crippen LogP contribution in [-0.4, -0.2) is 47.1 Å². The van der Waals surface area contributed by atoms with Crippen molar-refractivity contribution in [1.29, 1.82) is 0 Å². The maximum atomic E-state index is 15.0. The van der Waals surface area contributed by atoms with E-state index in [9.17, 15) is 14.7 Å². The molecular weight excluding hydrogens is 540 g/mol. The number of esters is 1. The highest BCUT2D eigenvalue weighted by Crippen LogP contribution is 2.72. The standard InChI is InChI=1S/C37H42O6/c1-21-19-36-22(2)17-27-29(34(27,3)4)26(30(36)38)18-25-20-41-35(5,6)43-32(25)37(36,40)31(21)42-33(39)28(23-13-9-7-10-14-23)24-15-11-8-12-16-24/h7-16,18-19,22,26-29,31-32,40H,17,20H2,1-6H3/t22-,26+,27-,29+,31+,32-,36+,37-/m1/s1. The minimum absolute atomic E-state index is 0.00412. The van der Waals surface area contributed by atoms with Gasteiger partial charge in [-0.3, -0.25) is 9.59 Å². The highest BCUT2D eigenvalue weighted by atomic mass is 16.7. The Morgan fingerprint density at radius 3 is 2.21 bits per heavy atom. The molecule has 5 aliphatic rings. The molecule has 2 aromatic rings. The molecular formula is C37H42O6. The van der Waals surface area contributed by atoms with Gasteiger partial charge >= 0.3 is 5.97 Å². The van der Waals surface area contributed by atoms with E-state index in [0.717, 1.165) is 23.1 Å². The van der Waals surface area contributed by atoms with Crippen molar-refractivity contribution >= 4 is 11.8 Å². The van der Waals surface area contributed by atoms with E-state index in [2.05, 4.69) is 20.8 Å². The Kier molecular flexibility index (Phi) is 6.32. The van der Waals surface area contributed by atoms with E-state index in [4.69, 9.17) is 14.2 Å². The van der Waals surface area contributed by atoms with E-state index >= 15 is 0 Å². The van der Waals surface area contributed by atoms with Gasteiger partial charge in [0.15, 0.2) is 23.3 Å². The third kappa shape index (κ3) is 3.95. The van der Waals surface area contributed by atoms with Gasteiger partial charge < -0.3 is 19.3 Å². The molecule has 43 heavy (non-hydrogen) atoms. The summed E-state index contributed by atoms with van der Waals surface area (Å²) in [5.74, 6) is -2.18. The Morgan fingerprint density at radius 1 is 1.00 bits per heavy atom. The van der Waals surface area contributed by atoms with Gasteiger partial charge in [0.05, 0.1) is 12.0 Å². The summed E-state index contributed by atoms with van der Waals surface area (Å²) >= 11 is 0. The van der Waals surface area contributed by atoms with Crippen LogP contribution < -0.4 is 0 Å². The minimum Gasteiger partial charge on any atom is -0.454 e. The fourth-order valence-corrected chi connectivity index (χ4v) is 9.24. The summed E-state index contributed by atoms with van der Waals surface area (Å²) in [7, 11) is 0. The number of ether oxygens (including phenoxy) is 3. The Morgan fingerprint density at radius 2 is 1.60 bits per heavy atom. The van der Waals surface area contributed by atoms with Gasteiger partial charge in [-0.15, -0.1) is 0 Å².